The van der Waals surface area contributed by atoms with E-state index in [-0.39, 0.29) is 11.9 Å². The first-order valence-corrected chi connectivity index (χ1v) is 9.68. The average Bonchev–Trinajstić information content (AvgIpc) is 3.38. The summed E-state index contributed by atoms with van der Waals surface area (Å²) in [6.45, 7) is 2.50. The molecular weight excluding hydrogens is 378 g/mol. The molecule has 2 aliphatic rings. The van der Waals surface area contributed by atoms with Gasteiger partial charge in [-0.3, -0.25) is 0 Å². The normalized spacial score (nSPS) is 18.9. The molecule has 3 N–H and O–H groups in total. The third-order valence-electron chi connectivity index (χ3n) is 4.64. The van der Waals surface area contributed by atoms with Crippen LogP contribution in [0, 0.1) is 5.92 Å². The summed E-state index contributed by atoms with van der Waals surface area (Å²) in [7, 11) is 0. The van der Waals surface area contributed by atoms with Crippen LogP contribution in [0.5, 0.6) is 0 Å². The van der Waals surface area contributed by atoms with E-state index < -0.39 is 0 Å². The quantitative estimate of drug-likeness (QED) is 0.691. The Labute approximate surface area is 168 Å². The Balaban J connectivity index is 1.31. The number of urea groups is 1. The summed E-state index contributed by atoms with van der Waals surface area (Å²) in [6, 6.07) is 1.96. The van der Waals surface area contributed by atoms with E-state index in [1.165, 1.54) is 0 Å². The molecule has 0 saturated heterocycles. The molecule has 1 saturated carbocycles. The maximum Gasteiger partial charge on any atom is 0.319 e. The predicted octanol–water partition coefficient (Wildman–Crippen LogP) is 3.45. The van der Waals surface area contributed by atoms with Gasteiger partial charge in [0.15, 0.2) is 5.82 Å². The van der Waals surface area contributed by atoms with Gasteiger partial charge >= 0.3 is 6.03 Å². The molecule has 9 heteroatoms. The number of anilines is 2. The predicted molar refractivity (Wildman–Crippen MR) is 109 cm³/mol. The second-order valence-corrected chi connectivity index (χ2v) is 7.47. The number of hydrogen-bond acceptors (Lipinski definition) is 5. The lowest BCUT2D eigenvalue weighted by Crippen LogP contribution is -2.32. The second-order valence-electron chi connectivity index (χ2n) is 7.06. The van der Waals surface area contributed by atoms with E-state index in [0.717, 1.165) is 29.9 Å². The highest BCUT2D eigenvalue weighted by atomic mass is 35.5. The number of amides is 2. The minimum atomic E-state index is -0.283. The SMILES string of the molecule is CC1=CCC(CNC(=O)Nc2cnn(-c3ccnc(NC4CC4)n3)c2)C=C1Cl. The maximum atomic E-state index is 12.2. The van der Waals surface area contributed by atoms with E-state index in [1.54, 1.807) is 29.3 Å². The Morgan fingerprint density at radius 2 is 2.25 bits per heavy atom. The molecule has 2 aromatic rings. The van der Waals surface area contributed by atoms with Crippen LogP contribution in [0.25, 0.3) is 5.82 Å². The Kier molecular flexibility index (Phi) is 5.29. The lowest BCUT2D eigenvalue weighted by molar-refractivity contribution is 0.251. The van der Waals surface area contributed by atoms with E-state index >= 15 is 0 Å². The van der Waals surface area contributed by atoms with Crippen molar-refractivity contribution in [3.05, 3.63) is 47.4 Å². The standard InChI is InChI=1S/C19H22ClN7O/c1-12-2-3-13(8-16(12)20)9-22-19(28)25-15-10-23-27(11-15)17-6-7-21-18(26-17)24-14-4-5-14/h2,6-8,10-11,13-14H,3-5,9H2,1H3,(H,21,24,26)(H2,22,25,28). The first kappa shape index (κ1) is 18.5. The summed E-state index contributed by atoms with van der Waals surface area (Å²) in [5.41, 5.74) is 1.66. The molecule has 1 fully saturated rings. The highest BCUT2D eigenvalue weighted by Gasteiger charge is 2.22. The Hall–Kier alpha value is -2.87. The van der Waals surface area contributed by atoms with Crippen LogP contribution in [-0.4, -0.2) is 38.4 Å². The molecule has 0 aromatic carbocycles. The molecule has 2 aliphatic carbocycles. The zero-order chi connectivity index (χ0) is 19.5. The summed E-state index contributed by atoms with van der Waals surface area (Å²) in [5.74, 6) is 1.42. The molecule has 1 atom stereocenters. The molecule has 0 bridgehead atoms. The largest absolute Gasteiger partial charge is 0.351 e. The van der Waals surface area contributed by atoms with Crippen LogP contribution in [-0.2, 0) is 0 Å². The molecule has 4 rings (SSSR count). The van der Waals surface area contributed by atoms with Gasteiger partial charge in [-0.1, -0.05) is 23.8 Å². The first-order valence-electron chi connectivity index (χ1n) is 9.31. The van der Waals surface area contributed by atoms with Gasteiger partial charge in [-0.25, -0.2) is 14.5 Å². The molecule has 0 radical (unpaired) electrons. The number of carbonyl (C=O) groups is 1. The van der Waals surface area contributed by atoms with E-state index in [0.29, 0.717) is 30.0 Å². The van der Waals surface area contributed by atoms with Crippen LogP contribution >= 0.6 is 11.6 Å². The van der Waals surface area contributed by atoms with Crippen molar-refractivity contribution in [2.24, 2.45) is 5.92 Å². The number of rotatable bonds is 6. The van der Waals surface area contributed by atoms with Crippen molar-refractivity contribution in [3.8, 4) is 5.82 Å². The van der Waals surface area contributed by atoms with Gasteiger partial charge in [0.1, 0.15) is 0 Å². The van der Waals surface area contributed by atoms with Crippen LogP contribution < -0.4 is 16.0 Å². The average molecular weight is 400 g/mol. The fourth-order valence-electron chi connectivity index (χ4n) is 2.84. The molecule has 0 aliphatic heterocycles. The second kappa shape index (κ2) is 8.02. The lowest BCUT2D eigenvalue weighted by atomic mass is 9.97. The summed E-state index contributed by atoms with van der Waals surface area (Å²) in [6.07, 6.45) is 12.2. The van der Waals surface area contributed by atoms with Crippen molar-refractivity contribution >= 4 is 29.3 Å². The van der Waals surface area contributed by atoms with E-state index in [4.69, 9.17) is 11.6 Å². The first-order chi connectivity index (χ1) is 13.6. The molecule has 28 heavy (non-hydrogen) atoms. The summed E-state index contributed by atoms with van der Waals surface area (Å²) in [5, 5.41) is 13.9. The van der Waals surface area contributed by atoms with Crippen LogP contribution in [0.4, 0.5) is 16.4 Å². The van der Waals surface area contributed by atoms with Crippen molar-refractivity contribution in [3.63, 3.8) is 0 Å². The molecule has 2 aromatic heterocycles. The number of nitrogens with zero attached hydrogens (tertiary/aromatic N) is 4. The number of allylic oxidation sites excluding steroid dienone is 3. The minimum absolute atomic E-state index is 0.197. The molecule has 0 spiro atoms. The van der Waals surface area contributed by atoms with E-state index in [1.807, 2.05) is 13.0 Å². The van der Waals surface area contributed by atoms with E-state index in [9.17, 15) is 4.79 Å². The Morgan fingerprint density at radius 3 is 3.04 bits per heavy atom. The van der Waals surface area contributed by atoms with Crippen LogP contribution in [0.15, 0.2) is 47.4 Å². The van der Waals surface area contributed by atoms with Crippen LogP contribution in [0.2, 0.25) is 0 Å². The van der Waals surface area contributed by atoms with Crippen molar-refractivity contribution in [1.82, 2.24) is 25.1 Å². The van der Waals surface area contributed by atoms with Gasteiger partial charge in [0, 0.05) is 29.9 Å². The third kappa shape index (κ3) is 4.69. The summed E-state index contributed by atoms with van der Waals surface area (Å²) in [4.78, 5) is 20.8. The molecule has 8 nitrogen and oxygen atoms in total. The summed E-state index contributed by atoms with van der Waals surface area (Å²) < 4.78 is 1.60. The van der Waals surface area contributed by atoms with Crippen molar-refractivity contribution in [1.29, 1.82) is 0 Å². The molecular formula is C19H22ClN7O. The van der Waals surface area contributed by atoms with Gasteiger partial charge in [-0.05, 0) is 37.7 Å². The lowest BCUT2D eigenvalue weighted by Gasteiger charge is -2.17. The minimum Gasteiger partial charge on any atom is -0.351 e. The fraction of sp³-hybridized carbons (Fsp3) is 0.368. The molecule has 2 amide bonds. The van der Waals surface area contributed by atoms with Crippen molar-refractivity contribution < 1.29 is 4.79 Å². The molecule has 146 valence electrons. The zero-order valence-electron chi connectivity index (χ0n) is 15.5. The van der Waals surface area contributed by atoms with E-state index in [2.05, 4.69) is 37.1 Å². The van der Waals surface area contributed by atoms with Gasteiger partial charge < -0.3 is 16.0 Å². The van der Waals surface area contributed by atoms with Gasteiger partial charge in [0.25, 0.3) is 0 Å². The van der Waals surface area contributed by atoms with Crippen molar-refractivity contribution in [2.45, 2.75) is 32.2 Å². The third-order valence-corrected chi connectivity index (χ3v) is 5.06. The highest BCUT2D eigenvalue weighted by molar-refractivity contribution is 6.32. The highest BCUT2D eigenvalue weighted by Crippen LogP contribution is 2.25. The van der Waals surface area contributed by atoms with Gasteiger partial charge in [0.2, 0.25) is 5.95 Å². The van der Waals surface area contributed by atoms with Gasteiger partial charge in [-0.15, -0.1) is 0 Å². The van der Waals surface area contributed by atoms with Crippen LogP contribution in [0.1, 0.15) is 26.2 Å². The summed E-state index contributed by atoms with van der Waals surface area (Å²) >= 11 is 6.15. The number of hydrogen-bond donors (Lipinski definition) is 3. The van der Waals surface area contributed by atoms with Crippen molar-refractivity contribution in [2.75, 3.05) is 17.2 Å². The maximum absolute atomic E-state index is 12.2. The zero-order valence-corrected chi connectivity index (χ0v) is 16.3. The monoisotopic (exact) mass is 399 g/mol. The number of halogens is 1. The smallest absolute Gasteiger partial charge is 0.319 e. The molecule has 2 heterocycles. The van der Waals surface area contributed by atoms with Gasteiger partial charge in [-0.2, -0.15) is 10.1 Å². The fourth-order valence-corrected chi connectivity index (χ4v) is 3.10. The number of nitrogens with one attached hydrogen (secondary N) is 3. The van der Waals surface area contributed by atoms with Crippen LogP contribution in [0.3, 0.4) is 0 Å². The topological polar surface area (TPSA) is 96.8 Å². The number of aromatic nitrogens is 4. The Morgan fingerprint density at radius 1 is 1.39 bits per heavy atom. The Bertz CT molecular complexity index is 932. The molecule has 1 unspecified atom stereocenters. The number of carbonyl (C=O) groups excluding carboxylic acids is 1. The van der Waals surface area contributed by atoms with Gasteiger partial charge in [0.05, 0.1) is 18.1 Å².